The lowest BCUT2D eigenvalue weighted by molar-refractivity contribution is 0.101. The van der Waals surface area contributed by atoms with E-state index in [0.717, 1.165) is 10.2 Å². The molecular formula is C12H12N2O4S3. The molecule has 2 aromatic heterocycles. The second-order valence-corrected chi connectivity index (χ2v) is 10.7. The quantitative estimate of drug-likeness (QED) is 0.801. The number of sulfone groups is 1. The molecule has 2 aliphatic rings. The van der Waals surface area contributed by atoms with Crippen LogP contribution in [0.3, 0.4) is 0 Å². The maximum atomic E-state index is 12.5. The number of hydrogen-bond acceptors (Lipinski definition) is 6. The zero-order valence-electron chi connectivity index (χ0n) is 10.9. The maximum Gasteiger partial charge on any atom is 0.244 e. The minimum Gasteiger partial charge on any atom is -0.254 e. The van der Waals surface area contributed by atoms with Gasteiger partial charge < -0.3 is 0 Å². The summed E-state index contributed by atoms with van der Waals surface area (Å²) >= 11 is 1.45. The first-order valence-electron chi connectivity index (χ1n) is 6.34. The third kappa shape index (κ3) is 2.02. The normalized spacial score (nSPS) is 23.8. The summed E-state index contributed by atoms with van der Waals surface area (Å²) in [6.45, 7) is 0.577. The van der Waals surface area contributed by atoms with E-state index in [4.69, 9.17) is 0 Å². The predicted octanol–water partition coefficient (Wildman–Crippen LogP) is 0.715. The third-order valence-electron chi connectivity index (χ3n) is 3.99. The van der Waals surface area contributed by atoms with Crippen molar-refractivity contribution in [1.29, 1.82) is 0 Å². The highest BCUT2D eigenvalue weighted by atomic mass is 32.2. The Bertz CT molecular complexity index is 926. The monoisotopic (exact) mass is 344 g/mol. The summed E-state index contributed by atoms with van der Waals surface area (Å²) in [5.74, 6) is 0.211. The van der Waals surface area contributed by atoms with E-state index < -0.39 is 19.9 Å². The second kappa shape index (κ2) is 4.03. The Morgan fingerprint density at radius 3 is 2.67 bits per heavy atom. The molecule has 0 radical (unpaired) electrons. The predicted molar refractivity (Wildman–Crippen MR) is 79.5 cm³/mol. The molecule has 6 nitrogen and oxygen atoms in total. The van der Waals surface area contributed by atoms with Crippen LogP contribution in [0, 0.1) is 5.41 Å². The molecule has 112 valence electrons. The zero-order valence-corrected chi connectivity index (χ0v) is 13.3. The van der Waals surface area contributed by atoms with E-state index in [0.29, 0.717) is 0 Å². The minimum atomic E-state index is -3.57. The molecule has 4 rings (SSSR count). The summed E-state index contributed by atoms with van der Waals surface area (Å²) in [7, 11) is -6.51. The van der Waals surface area contributed by atoms with E-state index in [1.807, 2.05) is 11.4 Å². The van der Waals surface area contributed by atoms with Crippen molar-refractivity contribution in [1.82, 2.24) is 9.29 Å². The number of pyridine rings is 1. The number of fused-ring (bicyclic) bond motifs is 1. The molecule has 21 heavy (non-hydrogen) atoms. The number of rotatable bonds is 2. The molecule has 4 heterocycles. The largest absolute Gasteiger partial charge is 0.254 e. The van der Waals surface area contributed by atoms with Crippen molar-refractivity contribution < 1.29 is 16.8 Å². The van der Waals surface area contributed by atoms with E-state index in [1.54, 1.807) is 6.07 Å². The molecule has 0 aromatic carbocycles. The van der Waals surface area contributed by atoms with Gasteiger partial charge >= 0.3 is 0 Å². The van der Waals surface area contributed by atoms with Crippen molar-refractivity contribution in [3.8, 4) is 0 Å². The van der Waals surface area contributed by atoms with Crippen LogP contribution in [-0.4, -0.2) is 50.7 Å². The highest BCUT2D eigenvalue weighted by molar-refractivity contribution is 7.93. The molecule has 0 saturated carbocycles. The molecule has 2 aliphatic heterocycles. The third-order valence-corrected chi connectivity index (χ3v) is 8.71. The molecule has 9 heteroatoms. The first-order chi connectivity index (χ1) is 9.80. The van der Waals surface area contributed by atoms with Crippen LogP contribution in [0.4, 0.5) is 0 Å². The molecule has 0 bridgehead atoms. The number of hydrogen-bond donors (Lipinski definition) is 0. The average molecular weight is 344 g/mol. The van der Waals surface area contributed by atoms with Gasteiger partial charge in [0.1, 0.15) is 4.90 Å². The molecule has 0 aliphatic carbocycles. The summed E-state index contributed by atoms with van der Waals surface area (Å²) < 4.78 is 49.7. The lowest BCUT2D eigenvalue weighted by Gasteiger charge is -2.53. The first kappa shape index (κ1) is 13.6. The topological polar surface area (TPSA) is 84.4 Å². The van der Waals surface area contributed by atoms with E-state index in [2.05, 4.69) is 4.98 Å². The van der Waals surface area contributed by atoms with E-state index in [9.17, 15) is 16.8 Å². The van der Waals surface area contributed by atoms with Gasteiger partial charge in [-0.05, 0) is 17.5 Å². The van der Waals surface area contributed by atoms with Crippen LogP contribution in [-0.2, 0) is 19.9 Å². The van der Waals surface area contributed by atoms with E-state index in [-0.39, 0.29) is 34.9 Å². The molecule has 2 aromatic rings. The molecule has 2 fully saturated rings. The van der Waals surface area contributed by atoms with Crippen LogP contribution in [0.2, 0.25) is 0 Å². The van der Waals surface area contributed by atoms with Gasteiger partial charge in [-0.25, -0.2) is 16.8 Å². The van der Waals surface area contributed by atoms with Crippen molar-refractivity contribution in [3.63, 3.8) is 0 Å². The van der Waals surface area contributed by atoms with Crippen LogP contribution >= 0.6 is 11.3 Å². The number of thiophene rings is 1. The zero-order chi connectivity index (χ0) is 14.9. The Kier molecular flexibility index (Phi) is 2.62. The average Bonchev–Trinajstić information content (AvgIpc) is 2.79. The van der Waals surface area contributed by atoms with Crippen molar-refractivity contribution in [2.24, 2.45) is 5.41 Å². The van der Waals surface area contributed by atoms with E-state index >= 15 is 0 Å². The van der Waals surface area contributed by atoms with Gasteiger partial charge in [0.25, 0.3) is 0 Å². The fourth-order valence-corrected chi connectivity index (χ4v) is 7.70. The second-order valence-electron chi connectivity index (χ2n) is 5.78. The summed E-state index contributed by atoms with van der Waals surface area (Å²) in [4.78, 5) is 4.33. The summed E-state index contributed by atoms with van der Waals surface area (Å²) in [6.07, 6.45) is 1.37. The van der Waals surface area contributed by atoms with Gasteiger partial charge in [-0.15, -0.1) is 11.3 Å². The Balaban J connectivity index is 1.60. The SMILES string of the molecule is O=S1(=O)CC2(CN(S(=O)(=O)c3cnc4ccsc4c3)C2)C1. The van der Waals surface area contributed by atoms with Gasteiger partial charge in [-0.2, -0.15) is 4.31 Å². The highest BCUT2D eigenvalue weighted by Crippen LogP contribution is 2.43. The Labute approximate surface area is 126 Å². The van der Waals surface area contributed by atoms with Crippen LogP contribution in [0.1, 0.15) is 0 Å². The molecular weight excluding hydrogens is 332 g/mol. The Morgan fingerprint density at radius 2 is 2.00 bits per heavy atom. The smallest absolute Gasteiger partial charge is 0.244 e. The standard InChI is InChI=1S/C12H12N2O4S3/c15-20(16)7-12(8-20)5-14(6-12)21(17,18)9-3-11-10(13-4-9)1-2-19-11/h1-4H,5-8H2. The lowest BCUT2D eigenvalue weighted by atomic mass is 9.85. The van der Waals surface area contributed by atoms with Gasteiger partial charge in [-0.1, -0.05) is 0 Å². The van der Waals surface area contributed by atoms with Gasteiger partial charge in [-0.3, -0.25) is 4.98 Å². The fraction of sp³-hybridized carbons (Fsp3) is 0.417. The Hall–Kier alpha value is -1.03. The molecule has 1 spiro atoms. The number of nitrogens with zero attached hydrogens (tertiary/aromatic N) is 2. The minimum absolute atomic E-state index is 0.105. The Morgan fingerprint density at radius 1 is 1.29 bits per heavy atom. The first-order valence-corrected chi connectivity index (χ1v) is 10.5. The van der Waals surface area contributed by atoms with E-state index in [1.165, 1.54) is 21.8 Å². The molecule has 0 amide bonds. The summed E-state index contributed by atoms with van der Waals surface area (Å²) in [5, 5.41) is 1.87. The van der Waals surface area contributed by atoms with Crippen molar-refractivity contribution >= 4 is 41.4 Å². The number of aromatic nitrogens is 1. The molecule has 0 atom stereocenters. The highest BCUT2D eigenvalue weighted by Gasteiger charge is 2.58. The lowest BCUT2D eigenvalue weighted by Crippen LogP contribution is -2.69. The van der Waals surface area contributed by atoms with Crippen LogP contribution < -0.4 is 0 Å². The van der Waals surface area contributed by atoms with Gasteiger partial charge in [0.15, 0.2) is 9.84 Å². The van der Waals surface area contributed by atoms with Crippen molar-refractivity contribution in [2.45, 2.75) is 4.90 Å². The van der Waals surface area contributed by atoms with Gasteiger partial charge in [0, 0.05) is 24.7 Å². The molecule has 0 N–H and O–H groups in total. The fourth-order valence-electron chi connectivity index (χ4n) is 3.06. The number of sulfonamides is 1. The van der Waals surface area contributed by atoms with Gasteiger partial charge in [0.2, 0.25) is 10.0 Å². The molecule has 0 unspecified atom stereocenters. The van der Waals surface area contributed by atoms with Crippen molar-refractivity contribution in [2.75, 3.05) is 24.6 Å². The van der Waals surface area contributed by atoms with Crippen molar-refractivity contribution in [3.05, 3.63) is 23.7 Å². The summed E-state index contributed by atoms with van der Waals surface area (Å²) in [6, 6.07) is 3.47. The van der Waals surface area contributed by atoms with Crippen LogP contribution in [0.5, 0.6) is 0 Å². The molecule has 2 saturated heterocycles. The van der Waals surface area contributed by atoms with Crippen LogP contribution in [0.15, 0.2) is 28.6 Å². The maximum absolute atomic E-state index is 12.5. The summed E-state index contributed by atoms with van der Waals surface area (Å²) in [5.41, 5.74) is 0.441. The van der Waals surface area contributed by atoms with Crippen LogP contribution in [0.25, 0.3) is 10.2 Å². The van der Waals surface area contributed by atoms with Gasteiger partial charge in [0.05, 0.1) is 21.7 Å².